The number of phenolic OH excluding ortho intramolecular Hbond substituents is 1. The number of pyridine rings is 1. The molecule has 1 aliphatic rings. The van der Waals surface area contributed by atoms with Gasteiger partial charge in [0.1, 0.15) is 5.75 Å². The molecular formula is C21H18Cl2N4O3. The van der Waals surface area contributed by atoms with E-state index in [4.69, 9.17) is 23.2 Å². The summed E-state index contributed by atoms with van der Waals surface area (Å²) in [5, 5.41) is 13.2. The van der Waals surface area contributed by atoms with Crippen molar-refractivity contribution in [2.45, 2.75) is 6.92 Å². The van der Waals surface area contributed by atoms with Crippen molar-refractivity contribution in [1.82, 2.24) is 9.88 Å². The highest BCUT2D eigenvalue weighted by molar-refractivity contribution is 6.40. The molecule has 3 aromatic rings. The van der Waals surface area contributed by atoms with Crippen LogP contribution < -0.4 is 10.2 Å². The van der Waals surface area contributed by atoms with Gasteiger partial charge >= 0.3 is 6.03 Å². The molecule has 0 saturated carbocycles. The van der Waals surface area contributed by atoms with Gasteiger partial charge in [-0.1, -0.05) is 35.3 Å². The van der Waals surface area contributed by atoms with Gasteiger partial charge in [-0.3, -0.25) is 14.7 Å². The van der Waals surface area contributed by atoms with Crippen molar-refractivity contribution in [2.75, 3.05) is 30.4 Å². The van der Waals surface area contributed by atoms with Gasteiger partial charge in [-0.2, -0.15) is 0 Å². The zero-order valence-corrected chi connectivity index (χ0v) is 17.8. The predicted octanol–water partition coefficient (Wildman–Crippen LogP) is 4.68. The molecule has 0 aliphatic carbocycles. The van der Waals surface area contributed by atoms with Crippen LogP contribution in [0.1, 0.15) is 15.9 Å². The van der Waals surface area contributed by atoms with Crippen LogP contribution in [0, 0.1) is 6.92 Å². The standard InChI is InChI=1S/C21H18Cl2N4O3/c1-11-10-24-18-13(19(11)27-7-6-26(2)21(27)30)4-3-5-16(18)25-20(29)17-14(22)8-12(28)9-15(17)23/h3-5,8-10,28H,6-7H2,1-2H3,(H,25,29). The number of carbonyl (C=O) groups excluding carboxylic acids is 2. The number of hydrogen-bond acceptors (Lipinski definition) is 4. The van der Waals surface area contributed by atoms with Gasteiger partial charge < -0.3 is 15.3 Å². The van der Waals surface area contributed by atoms with Gasteiger partial charge in [-0.25, -0.2) is 4.79 Å². The first-order valence-electron chi connectivity index (χ1n) is 9.18. The van der Waals surface area contributed by atoms with Crippen molar-refractivity contribution in [3.8, 4) is 5.75 Å². The Morgan fingerprint density at radius 3 is 2.53 bits per heavy atom. The number of benzene rings is 2. The Hall–Kier alpha value is -3.03. The summed E-state index contributed by atoms with van der Waals surface area (Å²) in [6, 6.07) is 7.79. The first-order chi connectivity index (χ1) is 14.3. The number of nitrogens with zero attached hydrogens (tertiary/aromatic N) is 3. The van der Waals surface area contributed by atoms with E-state index in [2.05, 4.69) is 10.3 Å². The fourth-order valence-corrected chi connectivity index (χ4v) is 4.23. The highest BCUT2D eigenvalue weighted by Crippen LogP contribution is 2.35. The number of fused-ring (bicyclic) bond motifs is 1. The molecule has 2 heterocycles. The maximum Gasteiger partial charge on any atom is 0.324 e. The van der Waals surface area contributed by atoms with Gasteiger partial charge in [-0.15, -0.1) is 0 Å². The summed E-state index contributed by atoms with van der Waals surface area (Å²) in [5.74, 6) is -0.660. The van der Waals surface area contributed by atoms with Crippen LogP contribution in [-0.2, 0) is 0 Å². The Morgan fingerprint density at radius 1 is 1.20 bits per heavy atom. The fourth-order valence-electron chi connectivity index (χ4n) is 3.58. The summed E-state index contributed by atoms with van der Waals surface area (Å²) in [7, 11) is 1.76. The number of halogens is 2. The van der Waals surface area contributed by atoms with Gasteiger partial charge in [-0.05, 0) is 30.7 Å². The van der Waals surface area contributed by atoms with E-state index in [0.29, 0.717) is 24.3 Å². The molecule has 9 heteroatoms. The minimum atomic E-state index is -0.529. The second-order valence-electron chi connectivity index (χ2n) is 7.09. The number of amides is 3. The second kappa shape index (κ2) is 7.66. The molecule has 2 N–H and O–H groups in total. The Bertz CT molecular complexity index is 1180. The van der Waals surface area contributed by atoms with E-state index in [1.165, 1.54) is 12.1 Å². The molecule has 1 aromatic heterocycles. The quantitative estimate of drug-likeness (QED) is 0.613. The number of aryl methyl sites for hydroxylation is 1. The van der Waals surface area contributed by atoms with E-state index in [9.17, 15) is 14.7 Å². The number of carbonyl (C=O) groups is 2. The van der Waals surface area contributed by atoms with Crippen molar-refractivity contribution >= 4 is 57.4 Å². The molecular weight excluding hydrogens is 427 g/mol. The van der Waals surface area contributed by atoms with Gasteiger partial charge in [0.25, 0.3) is 5.91 Å². The van der Waals surface area contributed by atoms with Crippen molar-refractivity contribution in [3.63, 3.8) is 0 Å². The first kappa shape index (κ1) is 20.3. The molecule has 0 bridgehead atoms. The van der Waals surface area contributed by atoms with E-state index in [1.54, 1.807) is 35.2 Å². The number of likely N-dealkylation sites (N-methyl/N-ethyl adjacent to an activating group) is 1. The Labute approximate surface area is 182 Å². The number of phenols is 1. The third-order valence-electron chi connectivity index (χ3n) is 5.04. The monoisotopic (exact) mass is 444 g/mol. The minimum Gasteiger partial charge on any atom is -0.508 e. The van der Waals surface area contributed by atoms with Gasteiger partial charge in [0.2, 0.25) is 0 Å². The molecule has 4 rings (SSSR count). The maximum absolute atomic E-state index is 12.9. The molecule has 0 spiro atoms. The van der Waals surface area contributed by atoms with Crippen molar-refractivity contribution in [1.29, 1.82) is 0 Å². The third-order valence-corrected chi connectivity index (χ3v) is 5.64. The Kier molecular flexibility index (Phi) is 5.17. The number of aromatic nitrogens is 1. The van der Waals surface area contributed by atoms with E-state index in [1.807, 2.05) is 13.0 Å². The maximum atomic E-state index is 12.9. The minimum absolute atomic E-state index is 0.0351. The summed E-state index contributed by atoms with van der Waals surface area (Å²) in [6.45, 7) is 3.11. The molecule has 7 nitrogen and oxygen atoms in total. The van der Waals surface area contributed by atoms with Crippen LogP contribution in [0.5, 0.6) is 5.75 Å². The molecule has 30 heavy (non-hydrogen) atoms. The van der Waals surface area contributed by atoms with Crippen LogP contribution in [0.2, 0.25) is 10.0 Å². The smallest absolute Gasteiger partial charge is 0.324 e. The zero-order valence-electron chi connectivity index (χ0n) is 16.2. The average Bonchev–Trinajstić information content (AvgIpc) is 2.99. The van der Waals surface area contributed by atoms with Gasteiger partial charge in [0, 0.05) is 31.7 Å². The fraction of sp³-hybridized carbons (Fsp3) is 0.190. The molecule has 154 valence electrons. The largest absolute Gasteiger partial charge is 0.508 e. The van der Waals surface area contributed by atoms with E-state index in [0.717, 1.165) is 16.6 Å². The lowest BCUT2D eigenvalue weighted by atomic mass is 10.1. The third kappa shape index (κ3) is 3.40. The molecule has 1 aliphatic heterocycles. The number of aromatic hydroxyl groups is 1. The first-order valence-corrected chi connectivity index (χ1v) is 9.94. The summed E-state index contributed by atoms with van der Waals surface area (Å²) < 4.78 is 0. The van der Waals surface area contributed by atoms with Gasteiger partial charge in [0.05, 0.1) is 32.5 Å². The van der Waals surface area contributed by atoms with E-state index in [-0.39, 0.29) is 27.4 Å². The summed E-state index contributed by atoms with van der Waals surface area (Å²) in [5.41, 5.74) is 2.68. The number of hydrogen-bond donors (Lipinski definition) is 2. The topological polar surface area (TPSA) is 85.8 Å². The van der Waals surface area contributed by atoms with Crippen LogP contribution in [0.4, 0.5) is 16.2 Å². The number of para-hydroxylation sites is 1. The number of urea groups is 1. The Morgan fingerprint density at radius 2 is 1.90 bits per heavy atom. The SMILES string of the molecule is Cc1cnc2c(NC(=O)c3c(Cl)cc(O)cc3Cl)cccc2c1N1CCN(C)C1=O. The molecule has 3 amide bonds. The molecule has 0 unspecified atom stereocenters. The number of anilines is 2. The zero-order chi connectivity index (χ0) is 21.6. The van der Waals surface area contributed by atoms with Crippen molar-refractivity contribution < 1.29 is 14.7 Å². The molecule has 0 radical (unpaired) electrons. The predicted molar refractivity (Wildman–Crippen MR) is 118 cm³/mol. The van der Waals surface area contributed by atoms with Crippen LogP contribution in [0.3, 0.4) is 0 Å². The van der Waals surface area contributed by atoms with Crippen molar-refractivity contribution in [2.24, 2.45) is 0 Å². The van der Waals surface area contributed by atoms with E-state index >= 15 is 0 Å². The lowest BCUT2D eigenvalue weighted by Crippen LogP contribution is -2.30. The van der Waals surface area contributed by atoms with Crippen LogP contribution in [0.25, 0.3) is 10.9 Å². The molecule has 1 fully saturated rings. The Balaban J connectivity index is 1.78. The van der Waals surface area contributed by atoms with Crippen molar-refractivity contribution in [3.05, 3.63) is 57.7 Å². The highest BCUT2D eigenvalue weighted by Gasteiger charge is 2.29. The summed E-state index contributed by atoms with van der Waals surface area (Å²) in [6.07, 6.45) is 1.68. The lowest BCUT2D eigenvalue weighted by molar-refractivity contribution is 0.102. The van der Waals surface area contributed by atoms with Gasteiger partial charge in [0.15, 0.2) is 0 Å². The van der Waals surface area contributed by atoms with Crippen LogP contribution in [-0.4, -0.2) is 47.1 Å². The average molecular weight is 445 g/mol. The number of rotatable bonds is 3. The molecule has 0 atom stereocenters. The normalized spacial score (nSPS) is 13.9. The lowest BCUT2D eigenvalue weighted by Gasteiger charge is -2.21. The van der Waals surface area contributed by atoms with Crippen LogP contribution >= 0.6 is 23.2 Å². The number of nitrogens with one attached hydrogen (secondary N) is 1. The summed E-state index contributed by atoms with van der Waals surface area (Å²) >= 11 is 12.2. The van der Waals surface area contributed by atoms with E-state index < -0.39 is 5.91 Å². The molecule has 1 saturated heterocycles. The van der Waals surface area contributed by atoms with Crippen LogP contribution in [0.15, 0.2) is 36.5 Å². The molecule has 2 aromatic carbocycles. The second-order valence-corrected chi connectivity index (χ2v) is 7.90. The highest BCUT2D eigenvalue weighted by atomic mass is 35.5. The summed E-state index contributed by atoms with van der Waals surface area (Å²) in [4.78, 5) is 33.3.